The number of nitrogens with one attached hydrogen (secondary N) is 1. The topological polar surface area (TPSA) is 85.1 Å². The Hall–Kier alpha value is -1.55. The molecule has 0 aliphatic carbocycles. The van der Waals surface area contributed by atoms with Crippen LogP contribution in [0.25, 0.3) is 10.8 Å². The lowest BCUT2D eigenvalue weighted by molar-refractivity contribution is 0.503. The monoisotopic (exact) mass is 355 g/mol. The number of aryl methyl sites for hydroxylation is 1. The highest BCUT2D eigenvalue weighted by Gasteiger charge is 2.16. The van der Waals surface area contributed by atoms with Crippen LogP contribution in [-0.4, -0.2) is 25.2 Å². The zero-order valence-electron chi connectivity index (χ0n) is 11.6. The van der Waals surface area contributed by atoms with E-state index >= 15 is 0 Å². The molecular formula is C13H13N3O3S3. The van der Waals surface area contributed by atoms with E-state index in [0.717, 1.165) is 9.75 Å². The fourth-order valence-electron chi connectivity index (χ4n) is 1.77. The third kappa shape index (κ3) is 3.43. The summed E-state index contributed by atoms with van der Waals surface area (Å²) < 4.78 is 32.5. The molecule has 0 aliphatic rings. The van der Waals surface area contributed by atoms with E-state index < -0.39 is 10.0 Å². The Bertz CT molecular complexity index is 850. The third-order valence-corrected chi connectivity index (χ3v) is 6.62. The Labute approximate surface area is 135 Å². The molecule has 0 saturated heterocycles. The minimum Gasteiger partial charge on any atom is -0.420 e. The van der Waals surface area contributed by atoms with Gasteiger partial charge in [-0.1, -0.05) is 6.07 Å². The SMILES string of the molecule is Cc1ccc(S(=O)(=O)NCCc2nnc(-c3cccs3)o2)s1. The smallest absolute Gasteiger partial charge is 0.257 e. The van der Waals surface area contributed by atoms with Crippen LogP contribution in [0.5, 0.6) is 0 Å². The van der Waals surface area contributed by atoms with Gasteiger partial charge in [0.05, 0.1) is 4.88 Å². The van der Waals surface area contributed by atoms with Gasteiger partial charge < -0.3 is 4.42 Å². The molecule has 22 heavy (non-hydrogen) atoms. The average Bonchev–Trinajstić information content (AvgIpc) is 3.18. The maximum Gasteiger partial charge on any atom is 0.257 e. The van der Waals surface area contributed by atoms with E-state index in [4.69, 9.17) is 4.42 Å². The van der Waals surface area contributed by atoms with E-state index in [0.29, 0.717) is 22.4 Å². The molecule has 1 N–H and O–H groups in total. The van der Waals surface area contributed by atoms with Crippen LogP contribution >= 0.6 is 22.7 Å². The van der Waals surface area contributed by atoms with Crippen LogP contribution in [0.4, 0.5) is 0 Å². The predicted octanol–water partition coefficient (Wildman–Crippen LogP) is 2.69. The third-order valence-electron chi connectivity index (χ3n) is 2.81. The molecule has 0 aromatic carbocycles. The first-order valence-corrected chi connectivity index (χ1v) is 9.65. The maximum absolute atomic E-state index is 12.1. The highest BCUT2D eigenvalue weighted by Crippen LogP contribution is 2.23. The summed E-state index contributed by atoms with van der Waals surface area (Å²) in [5.41, 5.74) is 0. The van der Waals surface area contributed by atoms with Gasteiger partial charge >= 0.3 is 0 Å². The van der Waals surface area contributed by atoms with E-state index in [1.807, 2.05) is 24.4 Å². The van der Waals surface area contributed by atoms with Crippen LogP contribution in [0.15, 0.2) is 38.3 Å². The molecule has 0 bridgehead atoms. The second kappa shape index (κ2) is 6.29. The van der Waals surface area contributed by atoms with Crippen LogP contribution in [0.3, 0.4) is 0 Å². The second-order valence-corrected chi connectivity index (χ2v) is 8.72. The second-order valence-electron chi connectivity index (χ2n) is 4.49. The molecule has 0 unspecified atom stereocenters. The molecule has 0 radical (unpaired) electrons. The number of rotatable bonds is 6. The molecule has 0 aliphatic heterocycles. The highest BCUT2D eigenvalue weighted by atomic mass is 32.2. The van der Waals surface area contributed by atoms with Gasteiger partial charge in [-0.3, -0.25) is 0 Å². The number of nitrogens with zero attached hydrogens (tertiary/aromatic N) is 2. The molecule has 3 heterocycles. The quantitative estimate of drug-likeness (QED) is 0.735. The largest absolute Gasteiger partial charge is 0.420 e. The van der Waals surface area contributed by atoms with Crippen LogP contribution in [0.2, 0.25) is 0 Å². The average molecular weight is 355 g/mol. The number of thiophene rings is 2. The van der Waals surface area contributed by atoms with Crippen molar-refractivity contribution in [2.75, 3.05) is 6.54 Å². The minimum absolute atomic E-state index is 0.214. The van der Waals surface area contributed by atoms with Crippen molar-refractivity contribution in [1.82, 2.24) is 14.9 Å². The lowest BCUT2D eigenvalue weighted by atomic mass is 10.4. The maximum atomic E-state index is 12.1. The first kappa shape index (κ1) is 15.3. The Morgan fingerprint density at radius 3 is 2.82 bits per heavy atom. The fraction of sp³-hybridized carbons (Fsp3) is 0.231. The predicted molar refractivity (Wildman–Crippen MR) is 85.6 cm³/mol. The molecule has 6 nitrogen and oxygen atoms in total. The summed E-state index contributed by atoms with van der Waals surface area (Å²) in [5.74, 6) is 0.871. The van der Waals surface area contributed by atoms with E-state index in [2.05, 4.69) is 14.9 Å². The lowest BCUT2D eigenvalue weighted by Crippen LogP contribution is -2.25. The van der Waals surface area contributed by atoms with Gasteiger partial charge in [-0.2, -0.15) is 0 Å². The zero-order chi connectivity index (χ0) is 15.6. The van der Waals surface area contributed by atoms with Crippen molar-refractivity contribution in [3.8, 4) is 10.8 Å². The molecule has 0 spiro atoms. The number of sulfonamides is 1. The molecule has 0 fully saturated rings. The Kier molecular flexibility index (Phi) is 4.39. The molecular weight excluding hydrogens is 342 g/mol. The summed E-state index contributed by atoms with van der Waals surface area (Å²) in [6.45, 7) is 2.08. The van der Waals surface area contributed by atoms with Crippen molar-refractivity contribution in [3.05, 3.63) is 40.4 Å². The summed E-state index contributed by atoms with van der Waals surface area (Å²) in [5, 5.41) is 9.81. The van der Waals surface area contributed by atoms with Gasteiger partial charge in [-0.25, -0.2) is 13.1 Å². The minimum atomic E-state index is -3.47. The first-order valence-electron chi connectivity index (χ1n) is 6.47. The Balaban J connectivity index is 1.59. The Morgan fingerprint density at radius 2 is 2.14 bits per heavy atom. The molecule has 3 rings (SSSR count). The normalized spacial score (nSPS) is 11.9. The van der Waals surface area contributed by atoms with Crippen molar-refractivity contribution in [3.63, 3.8) is 0 Å². The van der Waals surface area contributed by atoms with Gasteiger partial charge in [0.1, 0.15) is 4.21 Å². The Morgan fingerprint density at radius 1 is 1.27 bits per heavy atom. The van der Waals surface area contributed by atoms with Crippen LogP contribution < -0.4 is 4.72 Å². The van der Waals surface area contributed by atoms with Crippen molar-refractivity contribution in [2.45, 2.75) is 17.6 Å². The van der Waals surface area contributed by atoms with Crippen LogP contribution in [0, 0.1) is 6.92 Å². The molecule has 0 saturated carbocycles. The van der Waals surface area contributed by atoms with E-state index in [-0.39, 0.29) is 6.54 Å². The van der Waals surface area contributed by atoms with Crippen LogP contribution in [-0.2, 0) is 16.4 Å². The molecule has 3 aromatic heterocycles. The van der Waals surface area contributed by atoms with Gasteiger partial charge in [0, 0.05) is 17.8 Å². The molecule has 116 valence electrons. The summed E-state index contributed by atoms with van der Waals surface area (Å²) >= 11 is 2.75. The van der Waals surface area contributed by atoms with E-state index in [1.54, 1.807) is 12.1 Å². The lowest BCUT2D eigenvalue weighted by Gasteiger charge is -2.02. The molecule has 3 aromatic rings. The highest BCUT2D eigenvalue weighted by molar-refractivity contribution is 7.91. The van der Waals surface area contributed by atoms with Crippen molar-refractivity contribution >= 4 is 32.7 Å². The molecule has 0 amide bonds. The standard InChI is InChI=1S/C13H13N3O3S3/c1-9-4-5-12(21-9)22(17,18)14-7-6-11-15-16-13(19-11)10-3-2-8-20-10/h2-5,8,14H,6-7H2,1H3. The zero-order valence-corrected chi connectivity index (χ0v) is 14.1. The molecule has 9 heteroatoms. The number of hydrogen-bond donors (Lipinski definition) is 1. The van der Waals surface area contributed by atoms with Gasteiger partial charge in [0.2, 0.25) is 15.9 Å². The fourth-order valence-corrected chi connectivity index (χ4v) is 4.78. The van der Waals surface area contributed by atoms with Gasteiger partial charge in [0.25, 0.3) is 5.89 Å². The first-order chi connectivity index (χ1) is 10.5. The number of hydrogen-bond acceptors (Lipinski definition) is 7. The van der Waals surface area contributed by atoms with E-state index in [1.165, 1.54) is 22.7 Å². The summed E-state index contributed by atoms with van der Waals surface area (Å²) in [6.07, 6.45) is 0.349. The summed E-state index contributed by atoms with van der Waals surface area (Å²) in [4.78, 5) is 1.85. The molecule has 0 atom stereocenters. The summed E-state index contributed by atoms with van der Waals surface area (Å²) in [6, 6.07) is 7.18. The van der Waals surface area contributed by atoms with Crippen molar-refractivity contribution in [2.24, 2.45) is 0 Å². The van der Waals surface area contributed by atoms with E-state index in [9.17, 15) is 8.42 Å². The van der Waals surface area contributed by atoms with Crippen molar-refractivity contribution < 1.29 is 12.8 Å². The number of aromatic nitrogens is 2. The van der Waals surface area contributed by atoms with Gasteiger partial charge in [-0.05, 0) is 30.5 Å². The summed E-state index contributed by atoms with van der Waals surface area (Å²) in [7, 11) is -3.47. The van der Waals surface area contributed by atoms with Crippen molar-refractivity contribution in [1.29, 1.82) is 0 Å². The van der Waals surface area contributed by atoms with Gasteiger partial charge in [0.15, 0.2) is 0 Å². The van der Waals surface area contributed by atoms with Gasteiger partial charge in [-0.15, -0.1) is 32.9 Å². The van der Waals surface area contributed by atoms with Crippen LogP contribution in [0.1, 0.15) is 10.8 Å².